The molecule has 0 saturated carbocycles. The van der Waals surface area contributed by atoms with Crippen LogP contribution >= 0.6 is 11.6 Å². The Morgan fingerprint density at radius 1 is 1.42 bits per heavy atom. The van der Waals surface area contributed by atoms with Crippen molar-refractivity contribution in [2.75, 3.05) is 27.2 Å². The molecule has 0 aromatic carbocycles. The normalized spacial score (nSPS) is 17.5. The summed E-state index contributed by atoms with van der Waals surface area (Å²) in [6.45, 7) is 3.93. The molecule has 0 atom stereocenters. The molecule has 1 aliphatic heterocycles. The molecule has 0 aliphatic carbocycles. The van der Waals surface area contributed by atoms with Crippen LogP contribution in [0.4, 0.5) is 0 Å². The fraction of sp³-hybridized carbons (Fsp3) is 0.571. The van der Waals surface area contributed by atoms with Gasteiger partial charge in [0.15, 0.2) is 0 Å². The van der Waals surface area contributed by atoms with E-state index in [1.165, 1.54) is 0 Å². The van der Waals surface area contributed by atoms with Crippen LogP contribution in [0.1, 0.15) is 28.9 Å². The molecule has 1 amide bonds. The van der Waals surface area contributed by atoms with Crippen molar-refractivity contribution in [3.05, 3.63) is 28.5 Å². The Morgan fingerprint density at radius 3 is 2.63 bits per heavy atom. The molecule has 0 N–H and O–H groups in total. The highest BCUT2D eigenvalue weighted by Crippen LogP contribution is 2.18. The van der Waals surface area contributed by atoms with Gasteiger partial charge in [-0.15, -0.1) is 0 Å². The molecular weight excluding hydrogens is 262 g/mol. The fourth-order valence-corrected chi connectivity index (χ4v) is 2.75. The highest BCUT2D eigenvalue weighted by molar-refractivity contribution is 6.29. The monoisotopic (exact) mass is 281 g/mol. The van der Waals surface area contributed by atoms with Gasteiger partial charge in [0.05, 0.1) is 0 Å². The maximum Gasteiger partial charge on any atom is 0.254 e. The first-order valence-corrected chi connectivity index (χ1v) is 6.95. The zero-order chi connectivity index (χ0) is 14.0. The number of amides is 1. The van der Waals surface area contributed by atoms with Crippen LogP contribution in [0.2, 0.25) is 5.15 Å². The lowest BCUT2D eigenvalue weighted by atomic mass is 10.0. The Kier molecular flexibility index (Phi) is 4.42. The lowest BCUT2D eigenvalue weighted by Gasteiger charge is -2.35. The largest absolute Gasteiger partial charge is 0.339 e. The number of carbonyl (C=O) groups excluding carboxylic acids is 1. The molecule has 0 unspecified atom stereocenters. The number of hydrogen-bond donors (Lipinski definition) is 0. The van der Waals surface area contributed by atoms with E-state index in [-0.39, 0.29) is 5.91 Å². The molecule has 4 nitrogen and oxygen atoms in total. The van der Waals surface area contributed by atoms with Crippen molar-refractivity contribution in [2.24, 2.45) is 0 Å². The zero-order valence-corrected chi connectivity index (χ0v) is 12.4. The van der Waals surface area contributed by atoms with Gasteiger partial charge in [0.2, 0.25) is 0 Å². The predicted octanol–water partition coefficient (Wildman–Crippen LogP) is 2.21. The summed E-state index contributed by atoms with van der Waals surface area (Å²) in [4.78, 5) is 20.7. The number of halogens is 1. The maximum atomic E-state index is 12.5. The molecule has 104 valence electrons. The summed E-state index contributed by atoms with van der Waals surface area (Å²) in [5.41, 5.74) is 1.39. The number of hydrogen-bond acceptors (Lipinski definition) is 3. The second-order valence-corrected chi connectivity index (χ2v) is 5.66. The minimum atomic E-state index is 0.0296. The Morgan fingerprint density at radius 2 is 2.05 bits per heavy atom. The molecule has 1 fully saturated rings. The summed E-state index contributed by atoms with van der Waals surface area (Å²) < 4.78 is 0. The van der Waals surface area contributed by atoms with Crippen LogP contribution in [0.25, 0.3) is 0 Å². The average molecular weight is 282 g/mol. The van der Waals surface area contributed by atoms with Crippen LogP contribution in [-0.2, 0) is 0 Å². The van der Waals surface area contributed by atoms with E-state index in [0.717, 1.165) is 31.6 Å². The molecule has 2 heterocycles. The van der Waals surface area contributed by atoms with Crippen LogP contribution in [0.15, 0.2) is 12.1 Å². The number of aromatic nitrogens is 1. The number of carbonyl (C=O) groups is 1. The molecule has 0 spiro atoms. The van der Waals surface area contributed by atoms with E-state index in [0.29, 0.717) is 16.8 Å². The molecule has 19 heavy (non-hydrogen) atoms. The zero-order valence-electron chi connectivity index (χ0n) is 11.7. The number of pyridine rings is 1. The molecular formula is C14H20ClN3O. The number of piperidine rings is 1. The molecule has 1 saturated heterocycles. The summed E-state index contributed by atoms with van der Waals surface area (Å²) >= 11 is 5.92. The van der Waals surface area contributed by atoms with Crippen LogP contribution in [0, 0.1) is 6.92 Å². The summed E-state index contributed by atoms with van der Waals surface area (Å²) in [5, 5.41) is 0.375. The Bertz CT molecular complexity index is 450. The molecule has 0 radical (unpaired) electrons. The van der Waals surface area contributed by atoms with Crippen molar-refractivity contribution >= 4 is 17.5 Å². The SMILES string of the molecule is Cc1cc(C(=O)N(C)C2CCN(C)CC2)cc(Cl)n1. The first kappa shape index (κ1) is 14.3. The average Bonchev–Trinajstić information content (AvgIpc) is 2.37. The number of aryl methyl sites for hydroxylation is 1. The van der Waals surface area contributed by atoms with Crippen molar-refractivity contribution in [2.45, 2.75) is 25.8 Å². The van der Waals surface area contributed by atoms with E-state index in [2.05, 4.69) is 16.9 Å². The van der Waals surface area contributed by atoms with Crippen molar-refractivity contribution in [1.29, 1.82) is 0 Å². The Hall–Kier alpha value is -1.13. The van der Waals surface area contributed by atoms with Gasteiger partial charge in [-0.1, -0.05) is 11.6 Å². The summed E-state index contributed by atoms with van der Waals surface area (Å²) in [6, 6.07) is 3.75. The molecule has 1 aromatic rings. The summed E-state index contributed by atoms with van der Waals surface area (Å²) in [7, 11) is 3.99. The van der Waals surface area contributed by atoms with Crippen molar-refractivity contribution in [1.82, 2.24) is 14.8 Å². The van der Waals surface area contributed by atoms with Gasteiger partial charge < -0.3 is 9.80 Å². The topological polar surface area (TPSA) is 36.4 Å². The van der Waals surface area contributed by atoms with Gasteiger partial charge in [0.25, 0.3) is 5.91 Å². The van der Waals surface area contributed by atoms with Crippen LogP contribution in [0.5, 0.6) is 0 Å². The Labute approximate surface area is 119 Å². The van der Waals surface area contributed by atoms with Gasteiger partial charge in [0, 0.05) is 24.3 Å². The minimum absolute atomic E-state index is 0.0296. The third-order valence-electron chi connectivity index (χ3n) is 3.73. The first-order chi connectivity index (χ1) is 8.97. The van der Waals surface area contributed by atoms with E-state index in [9.17, 15) is 4.79 Å². The van der Waals surface area contributed by atoms with Gasteiger partial charge >= 0.3 is 0 Å². The maximum absolute atomic E-state index is 12.5. The van der Waals surface area contributed by atoms with Crippen LogP contribution in [-0.4, -0.2) is 53.9 Å². The van der Waals surface area contributed by atoms with E-state index in [1.54, 1.807) is 12.1 Å². The van der Waals surface area contributed by atoms with Gasteiger partial charge in [-0.3, -0.25) is 4.79 Å². The third-order valence-corrected chi connectivity index (χ3v) is 3.92. The number of nitrogens with zero attached hydrogens (tertiary/aromatic N) is 3. The minimum Gasteiger partial charge on any atom is -0.339 e. The molecule has 5 heteroatoms. The fourth-order valence-electron chi connectivity index (χ4n) is 2.50. The number of likely N-dealkylation sites (tertiary alicyclic amines) is 1. The lowest BCUT2D eigenvalue weighted by Crippen LogP contribution is -2.44. The summed E-state index contributed by atoms with van der Waals surface area (Å²) in [5.74, 6) is 0.0296. The third kappa shape index (κ3) is 3.45. The molecule has 1 aromatic heterocycles. The van der Waals surface area contributed by atoms with Crippen LogP contribution in [0.3, 0.4) is 0 Å². The number of rotatable bonds is 2. The van der Waals surface area contributed by atoms with Gasteiger partial charge in [-0.25, -0.2) is 4.98 Å². The lowest BCUT2D eigenvalue weighted by molar-refractivity contribution is 0.0659. The van der Waals surface area contributed by atoms with Gasteiger partial charge in [-0.2, -0.15) is 0 Å². The van der Waals surface area contributed by atoms with E-state index >= 15 is 0 Å². The van der Waals surface area contributed by atoms with Gasteiger partial charge in [-0.05, 0) is 52.0 Å². The van der Waals surface area contributed by atoms with Gasteiger partial charge in [0.1, 0.15) is 5.15 Å². The highest BCUT2D eigenvalue weighted by Gasteiger charge is 2.25. The van der Waals surface area contributed by atoms with Crippen molar-refractivity contribution < 1.29 is 4.79 Å². The van der Waals surface area contributed by atoms with E-state index < -0.39 is 0 Å². The van der Waals surface area contributed by atoms with Crippen LogP contribution < -0.4 is 0 Å². The smallest absolute Gasteiger partial charge is 0.254 e. The van der Waals surface area contributed by atoms with Crippen molar-refractivity contribution in [3.63, 3.8) is 0 Å². The Balaban J connectivity index is 2.10. The quantitative estimate of drug-likeness (QED) is 0.780. The van der Waals surface area contributed by atoms with Crippen molar-refractivity contribution in [3.8, 4) is 0 Å². The second-order valence-electron chi connectivity index (χ2n) is 5.27. The highest BCUT2D eigenvalue weighted by atomic mass is 35.5. The molecule has 2 rings (SSSR count). The standard InChI is InChI=1S/C14H20ClN3O/c1-10-8-11(9-13(15)16-10)14(19)18(3)12-4-6-17(2)7-5-12/h8-9,12H,4-7H2,1-3H3. The summed E-state index contributed by atoms with van der Waals surface area (Å²) in [6.07, 6.45) is 2.05. The second kappa shape index (κ2) is 5.88. The molecule has 0 bridgehead atoms. The first-order valence-electron chi connectivity index (χ1n) is 6.57. The molecule has 1 aliphatic rings. The predicted molar refractivity (Wildman–Crippen MR) is 76.6 cm³/mol. The van der Waals surface area contributed by atoms with E-state index in [4.69, 9.17) is 11.6 Å². The van der Waals surface area contributed by atoms with E-state index in [1.807, 2.05) is 18.9 Å².